The van der Waals surface area contributed by atoms with Crippen LogP contribution in [-0.4, -0.2) is 35.0 Å². The fraction of sp³-hybridized carbons (Fsp3) is 0.875. The summed E-state index contributed by atoms with van der Waals surface area (Å²) in [4.78, 5) is 24.8. The van der Waals surface area contributed by atoms with Crippen LogP contribution in [0.3, 0.4) is 0 Å². The molecule has 2 aliphatic rings. The van der Waals surface area contributed by atoms with Crippen molar-refractivity contribution in [1.82, 2.24) is 4.90 Å². The summed E-state index contributed by atoms with van der Waals surface area (Å²) in [5, 5.41) is 8.95. The molecule has 1 saturated heterocycles. The molecule has 4 nitrogen and oxygen atoms in total. The van der Waals surface area contributed by atoms with Gasteiger partial charge in [0, 0.05) is 19.5 Å². The van der Waals surface area contributed by atoms with Crippen molar-refractivity contribution < 1.29 is 14.7 Å². The summed E-state index contributed by atoms with van der Waals surface area (Å²) in [6.45, 7) is 1.25. The van der Waals surface area contributed by atoms with Crippen LogP contribution in [-0.2, 0) is 9.59 Å². The molecular formula is C16H27NO3. The van der Waals surface area contributed by atoms with E-state index in [1.54, 1.807) is 0 Å². The van der Waals surface area contributed by atoms with Gasteiger partial charge in [0.1, 0.15) is 0 Å². The molecule has 4 heteroatoms. The van der Waals surface area contributed by atoms with Crippen LogP contribution >= 0.6 is 0 Å². The second kappa shape index (κ2) is 7.65. The number of rotatable bonds is 5. The Morgan fingerprint density at radius 2 is 1.65 bits per heavy atom. The monoisotopic (exact) mass is 281 g/mol. The molecular weight excluding hydrogens is 254 g/mol. The molecule has 114 valence electrons. The van der Waals surface area contributed by atoms with Gasteiger partial charge in [0.05, 0.1) is 5.92 Å². The molecule has 0 bridgehead atoms. The van der Waals surface area contributed by atoms with E-state index in [-0.39, 0.29) is 11.8 Å². The largest absolute Gasteiger partial charge is 0.481 e. The molecule has 1 heterocycles. The van der Waals surface area contributed by atoms with E-state index in [4.69, 9.17) is 5.11 Å². The van der Waals surface area contributed by atoms with Crippen molar-refractivity contribution in [2.24, 2.45) is 11.8 Å². The maximum absolute atomic E-state index is 12.1. The summed E-state index contributed by atoms with van der Waals surface area (Å²) in [7, 11) is 0. The van der Waals surface area contributed by atoms with Gasteiger partial charge in [-0.3, -0.25) is 9.59 Å². The maximum Gasteiger partial charge on any atom is 0.306 e. The number of likely N-dealkylation sites (tertiary alicyclic amines) is 1. The zero-order valence-corrected chi connectivity index (χ0v) is 12.4. The molecule has 1 aliphatic carbocycles. The molecule has 0 aromatic rings. The maximum atomic E-state index is 12.1. The molecule has 0 aromatic carbocycles. The van der Waals surface area contributed by atoms with Crippen LogP contribution in [0.25, 0.3) is 0 Å². The number of carboxylic acids is 1. The number of hydrogen-bond acceptors (Lipinski definition) is 2. The molecule has 1 N–H and O–H groups in total. The third kappa shape index (κ3) is 4.50. The molecule has 1 aliphatic heterocycles. The van der Waals surface area contributed by atoms with Gasteiger partial charge in [-0.1, -0.05) is 32.1 Å². The average molecular weight is 281 g/mol. The van der Waals surface area contributed by atoms with Gasteiger partial charge in [-0.25, -0.2) is 0 Å². The molecule has 2 fully saturated rings. The molecule has 0 aromatic heterocycles. The molecule has 0 radical (unpaired) electrons. The number of aliphatic carboxylic acids is 1. The van der Waals surface area contributed by atoms with Gasteiger partial charge in [0.25, 0.3) is 0 Å². The molecule has 0 atom stereocenters. The van der Waals surface area contributed by atoms with E-state index in [9.17, 15) is 9.59 Å². The minimum absolute atomic E-state index is 0.227. The first kappa shape index (κ1) is 15.3. The van der Waals surface area contributed by atoms with E-state index >= 15 is 0 Å². The van der Waals surface area contributed by atoms with Crippen LogP contribution < -0.4 is 0 Å². The predicted molar refractivity (Wildman–Crippen MR) is 77.4 cm³/mol. The Balaban J connectivity index is 1.61. The first-order valence-electron chi connectivity index (χ1n) is 8.17. The number of carboxylic acid groups (broad SMARTS) is 1. The summed E-state index contributed by atoms with van der Waals surface area (Å²) >= 11 is 0. The van der Waals surface area contributed by atoms with Gasteiger partial charge in [0.2, 0.25) is 5.91 Å². The third-order valence-electron chi connectivity index (χ3n) is 4.92. The number of carbonyl (C=O) groups excluding carboxylic acids is 1. The Morgan fingerprint density at radius 3 is 2.25 bits per heavy atom. The van der Waals surface area contributed by atoms with Crippen molar-refractivity contribution in [3.05, 3.63) is 0 Å². The highest BCUT2D eigenvalue weighted by atomic mass is 16.4. The third-order valence-corrected chi connectivity index (χ3v) is 4.92. The summed E-state index contributed by atoms with van der Waals surface area (Å²) in [6.07, 6.45) is 10.9. The lowest BCUT2D eigenvalue weighted by molar-refractivity contribution is -0.145. The van der Waals surface area contributed by atoms with Crippen molar-refractivity contribution in [3.8, 4) is 0 Å². The molecule has 0 unspecified atom stereocenters. The summed E-state index contributed by atoms with van der Waals surface area (Å²) < 4.78 is 0. The van der Waals surface area contributed by atoms with Crippen LogP contribution in [0.2, 0.25) is 0 Å². The van der Waals surface area contributed by atoms with Gasteiger partial charge >= 0.3 is 5.97 Å². The van der Waals surface area contributed by atoms with Crippen LogP contribution in [0.5, 0.6) is 0 Å². The van der Waals surface area contributed by atoms with Crippen molar-refractivity contribution in [2.75, 3.05) is 13.1 Å². The Morgan fingerprint density at radius 1 is 1.00 bits per heavy atom. The van der Waals surface area contributed by atoms with Crippen molar-refractivity contribution in [2.45, 2.75) is 64.2 Å². The Hall–Kier alpha value is -1.06. The Bertz CT molecular complexity index is 329. The first-order valence-corrected chi connectivity index (χ1v) is 8.17. The van der Waals surface area contributed by atoms with E-state index < -0.39 is 5.97 Å². The van der Waals surface area contributed by atoms with Gasteiger partial charge in [0.15, 0.2) is 0 Å². The molecule has 20 heavy (non-hydrogen) atoms. The highest BCUT2D eigenvalue weighted by molar-refractivity contribution is 5.77. The fourth-order valence-corrected chi connectivity index (χ4v) is 3.55. The summed E-state index contributed by atoms with van der Waals surface area (Å²) in [5.41, 5.74) is 0. The highest BCUT2D eigenvalue weighted by Crippen LogP contribution is 2.28. The topological polar surface area (TPSA) is 57.6 Å². The lowest BCUT2D eigenvalue weighted by Crippen LogP contribution is -2.40. The lowest BCUT2D eigenvalue weighted by atomic mass is 9.86. The number of carbonyl (C=O) groups is 2. The first-order chi connectivity index (χ1) is 9.66. The van der Waals surface area contributed by atoms with E-state index in [1.807, 2.05) is 4.90 Å². The van der Waals surface area contributed by atoms with Crippen LogP contribution in [0, 0.1) is 11.8 Å². The van der Waals surface area contributed by atoms with E-state index in [0.717, 1.165) is 12.3 Å². The lowest BCUT2D eigenvalue weighted by Gasteiger charge is -2.30. The summed E-state index contributed by atoms with van der Waals surface area (Å²) in [5.74, 6) is 0.106. The number of piperidine rings is 1. The van der Waals surface area contributed by atoms with E-state index in [0.29, 0.717) is 32.4 Å². The Labute approximate surface area is 121 Å². The molecule has 2 rings (SSSR count). The number of nitrogens with zero attached hydrogens (tertiary/aromatic N) is 1. The standard InChI is InChI=1S/C16H27NO3/c18-15(8-4-7-13-5-2-1-3-6-13)17-11-9-14(10-12-17)16(19)20/h13-14H,1-12H2,(H,19,20). The van der Waals surface area contributed by atoms with Gasteiger partial charge < -0.3 is 10.0 Å². The van der Waals surface area contributed by atoms with Crippen LogP contribution in [0.15, 0.2) is 0 Å². The van der Waals surface area contributed by atoms with Crippen molar-refractivity contribution in [1.29, 1.82) is 0 Å². The van der Waals surface area contributed by atoms with Crippen LogP contribution in [0.1, 0.15) is 64.2 Å². The fourth-order valence-electron chi connectivity index (χ4n) is 3.55. The minimum atomic E-state index is -0.714. The van der Waals surface area contributed by atoms with Gasteiger partial charge in [-0.05, 0) is 31.6 Å². The van der Waals surface area contributed by atoms with Gasteiger partial charge in [-0.2, -0.15) is 0 Å². The van der Waals surface area contributed by atoms with Crippen molar-refractivity contribution >= 4 is 11.9 Å². The zero-order chi connectivity index (χ0) is 14.4. The second-order valence-corrected chi connectivity index (χ2v) is 6.39. The highest BCUT2D eigenvalue weighted by Gasteiger charge is 2.26. The number of hydrogen-bond donors (Lipinski definition) is 1. The zero-order valence-electron chi connectivity index (χ0n) is 12.4. The second-order valence-electron chi connectivity index (χ2n) is 6.39. The predicted octanol–water partition coefficient (Wildman–Crippen LogP) is 3.06. The molecule has 0 spiro atoms. The summed E-state index contributed by atoms with van der Waals surface area (Å²) in [6, 6.07) is 0. The average Bonchev–Trinajstić information content (AvgIpc) is 2.48. The molecule has 1 saturated carbocycles. The SMILES string of the molecule is O=C(O)C1CCN(C(=O)CCCC2CCCCC2)CC1. The van der Waals surface area contributed by atoms with E-state index in [2.05, 4.69) is 0 Å². The van der Waals surface area contributed by atoms with Crippen molar-refractivity contribution in [3.63, 3.8) is 0 Å². The number of amides is 1. The Kier molecular flexibility index (Phi) is 5.86. The smallest absolute Gasteiger partial charge is 0.306 e. The quantitative estimate of drug-likeness (QED) is 0.842. The molecule has 1 amide bonds. The van der Waals surface area contributed by atoms with Crippen LogP contribution in [0.4, 0.5) is 0 Å². The normalized spacial score (nSPS) is 21.9. The van der Waals surface area contributed by atoms with Gasteiger partial charge in [-0.15, -0.1) is 0 Å². The minimum Gasteiger partial charge on any atom is -0.481 e. The van der Waals surface area contributed by atoms with E-state index in [1.165, 1.54) is 38.5 Å².